The Morgan fingerprint density at radius 2 is 2.21 bits per heavy atom. The molecule has 1 fully saturated rings. The molecule has 3 unspecified atom stereocenters. The second-order valence-corrected chi connectivity index (χ2v) is 5.29. The highest BCUT2D eigenvalue weighted by molar-refractivity contribution is 5.83. The predicted molar refractivity (Wildman–Crippen MR) is 73.5 cm³/mol. The highest BCUT2D eigenvalue weighted by atomic mass is 19.1. The summed E-state index contributed by atoms with van der Waals surface area (Å²) in [5.41, 5.74) is 0.739. The number of benzene rings is 1. The highest BCUT2D eigenvalue weighted by Gasteiger charge is 2.31. The van der Waals surface area contributed by atoms with Crippen LogP contribution < -0.4 is 5.32 Å². The third kappa shape index (κ3) is 2.95. The SMILES string of the molecule is CC(C(=O)N1CCNC(C)C1C)c1cccc(F)c1. The van der Waals surface area contributed by atoms with E-state index in [2.05, 4.69) is 12.2 Å². The predicted octanol–water partition coefficient (Wildman–Crippen LogP) is 2.14. The van der Waals surface area contributed by atoms with Gasteiger partial charge in [0.15, 0.2) is 0 Å². The zero-order chi connectivity index (χ0) is 14.0. The van der Waals surface area contributed by atoms with Gasteiger partial charge in [-0.15, -0.1) is 0 Å². The van der Waals surface area contributed by atoms with Gasteiger partial charge in [0.05, 0.1) is 5.92 Å². The number of nitrogens with zero attached hydrogens (tertiary/aromatic N) is 1. The van der Waals surface area contributed by atoms with Gasteiger partial charge in [0, 0.05) is 25.2 Å². The van der Waals surface area contributed by atoms with Crippen LogP contribution in [0.15, 0.2) is 24.3 Å². The first-order chi connectivity index (χ1) is 9.00. The molecule has 1 aliphatic heterocycles. The number of hydrogen-bond acceptors (Lipinski definition) is 2. The van der Waals surface area contributed by atoms with Crippen molar-refractivity contribution < 1.29 is 9.18 Å². The standard InChI is InChI=1S/C15H21FN2O/c1-10(13-5-4-6-14(16)9-13)15(19)18-8-7-17-11(2)12(18)3/h4-6,9-12,17H,7-8H2,1-3H3. The fourth-order valence-corrected chi connectivity index (χ4v) is 2.53. The summed E-state index contributed by atoms with van der Waals surface area (Å²) in [6, 6.07) is 6.75. The van der Waals surface area contributed by atoms with E-state index >= 15 is 0 Å². The van der Waals surface area contributed by atoms with Crippen molar-refractivity contribution in [1.29, 1.82) is 0 Å². The lowest BCUT2D eigenvalue weighted by Gasteiger charge is -2.40. The maximum atomic E-state index is 13.2. The topological polar surface area (TPSA) is 32.3 Å². The molecule has 2 rings (SSSR count). The minimum absolute atomic E-state index is 0.0754. The first-order valence-electron chi connectivity index (χ1n) is 6.80. The molecule has 0 spiro atoms. The number of amides is 1. The van der Waals surface area contributed by atoms with Crippen molar-refractivity contribution >= 4 is 5.91 Å². The minimum Gasteiger partial charge on any atom is -0.337 e. The first kappa shape index (κ1) is 14.0. The molecule has 0 aliphatic carbocycles. The number of rotatable bonds is 2. The molecule has 1 aromatic rings. The van der Waals surface area contributed by atoms with Crippen LogP contribution in [-0.2, 0) is 4.79 Å². The molecule has 104 valence electrons. The van der Waals surface area contributed by atoms with Gasteiger partial charge in [-0.3, -0.25) is 4.79 Å². The minimum atomic E-state index is -0.302. The van der Waals surface area contributed by atoms with E-state index in [4.69, 9.17) is 0 Å². The molecule has 1 aliphatic rings. The molecule has 0 bridgehead atoms. The zero-order valence-corrected chi connectivity index (χ0v) is 11.7. The van der Waals surface area contributed by atoms with Crippen molar-refractivity contribution in [3.05, 3.63) is 35.6 Å². The Labute approximate surface area is 113 Å². The molecule has 3 atom stereocenters. The van der Waals surface area contributed by atoms with Crippen LogP contribution in [0, 0.1) is 5.82 Å². The summed E-state index contributed by atoms with van der Waals surface area (Å²) >= 11 is 0. The highest BCUT2D eigenvalue weighted by Crippen LogP contribution is 2.21. The number of carbonyl (C=O) groups is 1. The van der Waals surface area contributed by atoms with Crippen LogP contribution in [0.4, 0.5) is 4.39 Å². The first-order valence-corrected chi connectivity index (χ1v) is 6.80. The van der Waals surface area contributed by atoms with Gasteiger partial charge >= 0.3 is 0 Å². The summed E-state index contributed by atoms with van der Waals surface area (Å²) in [6.45, 7) is 7.50. The van der Waals surface area contributed by atoms with Crippen LogP contribution in [0.25, 0.3) is 0 Å². The van der Waals surface area contributed by atoms with Crippen LogP contribution in [0.5, 0.6) is 0 Å². The maximum absolute atomic E-state index is 13.2. The lowest BCUT2D eigenvalue weighted by molar-refractivity contribution is -0.136. The summed E-state index contributed by atoms with van der Waals surface area (Å²) in [7, 11) is 0. The second kappa shape index (κ2) is 5.70. The van der Waals surface area contributed by atoms with Crippen molar-refractivity contribution in [2.75, 3.05) is 13.1 Å². The van der Waals surface area contributed by atoms with Gasteiger partial charge in [0.1, 0.15) is 5.82 Å². The molecule has 0 aromatic heterocycles. The summed E-state index contributed by atoms with van der Waals surface area (Å²) in [4.78, 5) is 14.4. The lowest BCUT2D eigenvalue weighted by atomic mass is 9.97. The van der Waals surface area contributed by atoms with Crippen LogP contribution in [0.3, 0.4) is 0 Å². The molecule has 1 aromatic carbocycles. The number of hydrogen-bond donors (Lipinski definition) is 1. The van der Waals surface area contributed by atoms with Crippen LogP contribution >= 0.6 is 0 Å². The average Bonchev–Trinajstić information content (AvgIpc) is 2.40. The largest absolute Gasteiger partial charge is 0.337 e. The number of nitrogens with one attached hydrogen (secondary N) is 1. The summed E-state index contributed by atoms with van der Waals surface area (Å²) in [5, 5.41) is 3.35. The normalized spacial score (nSPS) is 25.2. The van der Waals surface area contributed by atoms with Gasteiger partial charge < -0.3 is 10.2 Å². The number of piperazine rings is 1. The average molecular weight is 264 g/mol. The molecule has 1 N–H and O–H groups in total. The van der Waals surface area contributed by atoms with E-state index in [0.717, 1.165) is 12.1 Å². The van der Waals surface area contributed by atoms with Gasteiger partial charge in [0.25, 0.3) is 0 Å². The third-order valence-corrected chi connectivity index (χ3v) is 4.04. The van der Waals surface area contributed by atoms with Gasteiger partial charge in [-0.25, -0.2) is 4.39 Å². The van der Waals surface area contributed by atoms with Crippen molar-refractivity contribution in [3.63, 3.8) is 0 Å². The Hall–Kier alpha value is -1.42. The zero-order valence-electron chi connectivity index (χ0n) is 11.7. The molecule has 19 heavy (non-hydrogen) atoms. The van der Waals surface area contributed by atoms with Gasteiger partial charge in [-0.2, -0.15) is 0 Å². The second-order valence-electron chi connectivity index (χ2n) is 5.29. The molecule has 3 nitrogen and oxygen atoms in total. The fourth-order valence-electron chi connectivity index (χ4n) is 2.53. The Morgan fingerprint density at radius 1 is 1.47 bits per heavy atom. The molecule has 1 heterocycles. The van der Waals surface area contributed by atoms with E-state index in [-0.39, 0.29) is 29.7 Å². The van der Waals surface area contributed by atoms with Gasteiger partial charge in [-0.1, -0.05) is 12.1 Å². The van der Waals surface area contributed by atoms with Crippen molar-refractivity contribution in [1.82, 2.24) is 10.2 Å². The Balaban J connectivity index is 2.14. The Morgan fingerprint density at radius 3 is 2.89 bits per heavy atom. The van der Waals surface area contributed by atoms with E-state index in [0.29, 0.717) is 6.54 Å². The monoisotopic (exact) mass is 264 g/mol. The van der Waals surface area contributed by atoms with E-state index in [9.17, 15) is 9.18 Å². The van der Waals surface area contributed by atoms with E-state index in [1.165, 1.54) is 12.1 Å². The van der Waals surface area contributed by atoms with E-state index < -0.39 is 0 Å². The Bertz CT molecular complexity index is 463. The number of carbonyl (C=O) groups excluding carboxylic acids is 1. The van der Waals surface area contributed by atoms with Crippen molar-refractivity contribution in [2.24, 2.45) is 0 Å². The van der Waals surface area contributed by atoms with E-state index in [1.807, 2.05) is 24.8 Å². The molecule has 1 saturated heterocycles. The molecular weight excluding hydrogens is 243 g/mol. The molecule has 4 heteroatoms. The molecule has 0 radical (unpaired) electrons. The van der Waals surface area contributed by atoms with Crippen LogP contribution in [0.1, 0.15) is 32.3 Å². The molecule has 0 saturated carbocycles. The summed E-state index contributed by atoms with van der Waals surface area (Å²) in [6.07, 6.45) is 0. The maximum Gasteiger partial charge on any atom is 0.230 e. The van der Waals surface area contributed by atoms with Crippen molar-refractivity contribution in [2.45, 2.75) is 38.8 Å². The van der Waals surface area contributed by atoms with Gasteiger partial charge in [0.2, 0.25) is 5.91 Å². The van der Waals surface area contributed by atoms with Crippen LogP contribution in [-0.4, -0.2) is 36.0 Å². The molecule has 1 amide bonds. The smallest absolute Gasteiger partial charge is 0.230 e. The van der Waals surface area contributed by atoms with E-state index in [1.54, 1.807) is 6.07 Å². The van der Waals surface area contributed by atoms with Crippen LogP contribution in [0.2, 0.25) is 0 Å². The van der Waals surface area contributed by atoms with Crippen molar-refractivity contribution in [3.8, 4) is 0 Å². The summed E-state index contributed by atoms with van der Waals surface area (Å²) < 4.78 is 13.2. The fraction of sp³-hybridized carbons (Fsp3) is 0.533. The Kier molecular flexibility index (Phi) is 4.20. The number of halogens is 1. The quantitative estimate of drug-likeness (QED) is 0.887. The lowest BCUT2D eigenvalue weighted by Crippen LogP contribution is -2.57. The third-order valence-electron chi connectivity index (χ3n) is 4.04. The van der Waals surface area contributed by atoms with Gasteiger partial charge in [-0.05, 0) is 38.5 Å². The molecular formula is C15H21FN2O. The summed E-state index contributed by atoms with van der Waals surface area (Å²) in [5.74, 6) is -0.520.